The Morgan fingerprint density at radius 3 is 2.23 bits per heavy atom. The number of hydrogen-bond acceptors (Lipinski definition) is 5. The molecule has 2 aliphatic rings. The summed E-state index contributed by atoms with van der Waals surface area (Å²) in [5, 5.41) is 6.76. The van der Waals surface area contributed by atoms with Crippen molar-refractivity contribution in [2.24, 2.45) is 0 Å². The van der Waals surface area contributed by atoms with Gasteiger partial charge in [0.15, 0.2) is 17.3 Å². The molecule has 1 aliphatic heterocycles. The lowest BCUT2D eigenvalue weighted by molar-refractivity contribution is -0.116. The third kappa shape index (κ3) is 4.31. The summed E-state index contributed by atoms with van der Waals surface area (Å²) < 4.78 is 12.5. The Morgan fingerprint density at radius 1 is 0.850 bits per heavy atom. The molecule has 2 atom stereocenters. The molecule has 2 N–H and O–H groups in total. The van der Waals surface area contributed by atoms with Crippen molar-refractivity contribution in [1.82, 2.24) is 9.78 Å². The largest absolute Gasteiger partial charge is 0.493 e. The molecule has 1 aliphatic carbocycles. The summed E-state index contributed by atoms with van der Waals surface area (Å²) in [6, 6.07) is 23.7. The average molecular weight is 536 g/mol. The van der Waals surface area contributed by atoms with Crippen LogP contribution in [-0.4, -0.2) is 29.8 Å². The molecule has 4 aromatic rings. The normalized spacial score (nSPS) is 18.3. The van der Waals surface area contributed by atoms with Crippen LogP contribution in [0, 0.1) is 0 Å². The average Bonchev–Trinajstić information content (AvgIpc) is 3.31. The fourth-order valence-electron chi connectivity index (χ4n) is 6.00. The van der Waals surface area contributed by atoms with Crippen molar-refractivity contribution in [3.05, 3.63) is 117 Å². The summed E-state index contributed by atoms with van der Waals surface area (Å²) >= 11 is 0. The second kappa shape index (κ2) is 10.2. The van der Waals surface area contributed by atoms with E-state index in [9.17, 15) is 9.59 Å². The van der Waals surface area contributed by atoms with Crippen LogP contribution < -0.4 is 20.3 Å². The smallest absolute Gasteiger partial charge is 0.277 e. The topological polar surface area (TPSA) is 85.4 Å². The van der Waals surface area contributed by atoms with E-state index in [1.165, 1.54) is 5.56 Å². The van der Waals surface area contributed by atoms with Crippen LogP contribution in [0.3, 0.4) is 0 Å². The standard InChI is InChI=1S/C33H33N3O4/c1-19(2)20-10-12-21(13-11-20)29-30-25(34-32-31(29)33(38)36(35-32)24-8-6-5-7-9-24)16-23(17-26(30)37)22-14-15-27(39-3)28(18-22)40-4/h5-15,18-19,23,29,34-35H,16-17H2,1-4H3. The molecule has 2 heterocycles. The van der Waals surface area contributed by atoms with Crippen molar-refractivity contribution >= 4 is 11.6 Å². The van der Waals surface area contributed by atoms with E-state index < -0.39 is 5.92 Å². The maximum absolute atomic E-state index is 14.0. The number of methoxy groups -OCH3 is 2. The molecule has 0 spiro atoms. The number of rotatable bonds is 6. The Bertz CT molecular complexity index is 1660. The number of carbonyl (C=O) groups excluding carboxylic acids is 1. The molecule has 6 rings (SSSR count). The molecule has 0 fully saturated rings. The summed E-state index contributed by atoms with van der Waals surface area (Å²) in [4.78, 5) is 27.9. The zero-order valence-corrected chi connectivity index (χ0v) is 23.2. The molecule has 7 nitrogen and oxygen atoms in total. The highest BCUT2D eigenvalue weighted by Crippen LogP contribution is 2.47. The number of fused-ring (bicyclic) bond motifs is 1. The van der Waals surface area contributed by atoms with Gasteiger partial charge in [-0.2, -0.15) is 0 Å². The Balaban J connectivity index is 1.47. The van der Waals surface area contributed by atoms with Gasteiger partial charge in [-0.15, -0.1) is 0 Å². The molecule has 204 valence electrons. The van der Waals surface area contributed by atoms with Gasteiger partial charge in [0.1, 0.15) is 5.82 Å². The van der Waals surface area contributed by atoms with E-state index in [-0.39, 0.29) is 17.3 Å². The summed E-state index contributed by atoms with van der Waals surface area (Å²) in [5.41, 5.74) is 5.84. The van der Waals surface area contributed by atoms with Gasteiger partial charge in [-0.3, -0.25) is 14.7 Å². The second-order valence-corrected chi connectivity index (χ2v) is 10.8. The number of para-hydroxylation sites is 1. The first kappa shape index (κ1) is 25.7. The minimum atomic E-state index is -0.458. The molecule has 0 saturated heterocycles. The molecular formula is C33H33N3O4. The molecule has 7 heteroatoms. The number of nitrogens with zero attached hydrogens (tertiary/aromatic N) is 1. The summed E-state index contributed by atoms with van der Waals surface area (Å²) in [6.07, 6.45) is 0.984. The third-order valence-electron chi connectivity index (χ3n) is 8.12. The number of aromatic nitrogens is 2. The Morgan fingerprint density at radius 2 is 1.55 bits per heavy atom. The van der Waals surface area contributed by atoms with Crippen LogP contribution >= 0.6 is 0 Å². The van der Waals surface area contributed by atoms with Crippen LogP contribution in [0.5, 0.6) is 11.5 Å². The lowest BCUT2D eigenvalue weighted by Crippen LogP contribution is -2.32. The van der Waals surface area contributed by atoms with Gasteiger partial charge in [-0.25, -0.2) is 4.68 Å². The quantitative estimate of drug-likeness (QED) is 0.304. The van der Waals surface area contributed by atoms with Crippen LogP contribution in [0.15, 0.2) is 88.9 Å². The van der Waals surface area contributed by atoms with E-state index in [0.29, 0.717) is 47.2 Å². The van der Waals surface area contributed by atoms with E-state index in [1.54, 1.807) is 18.9 Å². The number of H-pyrrole nitrogens is 1. The predicted molar refractivity (Wildman–Crippen MR) is 156 cm³/mol. The molecule has 0 radical (unpaired) electrons. The number of nitrogens with one attached hydrogen (secondary N) is 2. The molecule has 0 amide bonds. The number of anilines is 1. The first-order valence-corrected chi connectivity index (χ1v) is 13.6. The van der Waals surface area contributed by atoms with Gasteiger partial charge in [-0.1, -0.05) is 62.4 Å². The summed E-state index contributed by atoms with van der Waals surface area (Å²) in [6.45, 7) is 4.31. The highest BCUT2D eigenvalue weighted by molar-refractivity contribution is 6.01. The zero-order valence-electron chi connectivity index (χ0n) is 23.2. The van der Waals surface area contributed by atoms with E-state index in [0.717, 1.165) is 22.5 Å². The Hall–Kier alpha value is -4.52. The van der Waals surface area contributed by atoms with Gasteiger partial charge < -0.3 is 14.8 Å². The number of Topliss-reactive ketones (excluding diaryl/α,β-unsaturated/α-hetero) is 1. The van der Waals surface area contributed by atoms with Crippen LogP contribution in [0.4, 0.5) is 5.82 Å². The minimum Gasteiger partial charge on any atom is -0.493 e. The number of hydrogen-bond donors (Lipinski definition) is 2. The maximum Gasteiger partial charge on any atom is 0.277 e. The fraction of sp³-hybridized carbons (Fsp3) is 0.273. The van der Waals surface area contributed by atoms with Gasteiger partial charge >= 0.3 is 0 Å². The van der Waals surface area contributed by atoms with Crippen molar-refractivity contribution < 1.29 is 14.3 Å². The van der Waals surface area contributed by atoms with Gasteiger partial charge in [0.2, 0.25) is 0 Å². The minimum absolute atomic E-state index is 0.0352. The Kier molecular flexibility index (Phi) is 6.58. The highest BCUT2D eigenvalue weighted by atomic mass is 16.5. The van der Waals surface area contributed by atoms with Crippen LogP contribution in [-0.2, 0) is 4.79 Å². The van der Waals surface area contributed by atoms with Crippen molar-refractivity contribution in [2.75, 3.05) is 19.5 Å². The van der Waals surface area contributed by atoms with E-state index in [1.807, 2.05) is 48.5 Å². The molecule has 40 heavy (non-hydrogen) atoms. The maximum atomic E-state index is 14.0. The summed E-state index contributed by atoms with van der Waals surface area (Å²) in [7, 11) is 3.22. The number of aromatic amines is 1. The predicted octanol–water partition coefficient (Wildman–Crippen LogP) is 6.26. The number of benzene rings is 3. The molecule has 1 aromatic heterocycles. The lowest BCUT2D eigenvalue weighted by atomic mass is 9.72. The number of allylic oxidation sites excluding steroid dienone is 2. The third-order valence-corrected chi connectivity index (χ3v) is 8.12. The zero-order chi connectivity index (χ0) is 28.0. The van der Waals surface area contributed by atoms with Gasteiger partial charge in [-0.05, 0) is 59.2 Å². The first-order valence-electron chi connectivity index (χ1n) is 13.6. The van der Waals surface area contributed by atoms with Crippen molar-refractivity contribution in [2.45, 2.75) is 44.4 Å². The van der Waals surface area contributed by atoms with Crippen molar-refractivity contribution in [1.29, 1.82) is 0 Å². The van der Waals surface area contributed by atoms with Crippen LogP contribution in [0.25, 0.3) is 5.69 Å². The SMILES string of the molecule is COc1ccc(C2CC(=O)C3=C(C2)Nc2[nH]n(-c4ccccc4)c(=O)c2C3c2ccc(C(C)C)cc2)cc1OC. The monoisotopic (exact) mass is 535 g/mol. The lowest BCUT2D eigenvalue weighted by Gasteiger charge is -2.34. The van der Waals surface area contributed by atoms with Crippen LogP contribution in [0.2, 0.25) is 0 Å². The molecule has 3 aromatic carbocycles. The molecule has 0 saturated carbocycles. The summed E-state index contributed by atoms with van der Waals surface area (Å²) in [5.74, 6) is 1.85. The van der Waals surface area contributed by atoms with E-state index >= 15 is 0 Å². The van der Waals surface area contributed by atoms with Gasteiger partial charge in [0.25, 0.3) is 5.56 Å². The van der Waals surface area contributed by atoms with Gasteiger partial charge in [0.05, 0.1) is 25.5 Å². The molecular weight excluding hydrogens is 502 g/mol. The number of carbonyl (C=O) groups is 1. The molecule has 0 bridgehead atoms. The fourth-order valence-corrected chi connectivity index (χ4v) is 6.00. The highest BCUT2D eigenvalue weighted by Gasteiger charge is 2.41. The van der Waals surface area contributed by atoms with E-state index in [4.69, 9.17) is 9.47 Å². The van der Waals surface area contributed by atoms with Crippen LogP contribution in [0.1, 0.15) is 66.7 Å². The number of ketones is 1. The second-order valence-electron chi connectivity index (χ2n) is 10.8. The first-order chi connectivity index (χ1) is 19.4. The van der Waals surface area contributed by atoms with E-state index in [2.05, 4.69) is 48.5 Å². The molecule has 2 unspecified atom stereocenters. The van der Waals surface area contributed by atoms with Crippen molar-refractivity contribution in [3.63, 3.8) is 0 Å². The van der Waals surface area contributed by atoms with Gasteiger partial charge in [0, 0.05) is 23.6 Å². The number of ether oxygens (including phenoxy) is 2. The van der Waals surface area contributed by atoms with Crippen molar-refractivity contribution in [3.8, 4) is 17.2 Å². The Labute approximate surface area is 233 Å².